The fourth-order valence-corrected chi connectivity index (χ4v) is 2.19. The summed E-state index contributed by atoms with van der Waals surface area (Å²) in [4.78, 5) is 22.5. The highest BCUT2D eigenvalue weighted by Crippen LogP contribution is 2.25. The van der Waals surface area contributed by atoms with Gasteiger partial charge >= 0.3 is 0 Å². The molecular weight excluding hydrogens is 362 g/mol. The first-order valence-electron chi connectivity index (χ1n) is 6.65. The van der Waals surface area contributed by atoms with E-state index >= 15 is 0 Å². The van der Waals surface area contributed by atoms with Crippen LogP contribution in [0.2, 0.25) is 0 Å². The molecule has 2 amide bonds. The van der Waals surface area contributed by atoms with Crippen LogP contribution in [0.25, 0.3) is 0 Å². The summed E-state index contributed by atoms with van der Waals surface area (Å²) in [6, 6.07) is 13.9. The van der Waals surface area contributed by atoms with Gasteiger partial charge in [0.2, 0.25) is 0 Å². The van der Waals surface area contributed by atoms with Crippen molar-refractivity contribution in [3.05, 3.63) is 64.1 Å². The Morgan fingerprint density at radius 2 is 1.96 bits per heavy atom. The van der Waals surface area contributed by atoms with Gasteiger partial charge < -0.3 is 10.5 Å². The molecule has 6 nitrogen and oxygen atoms in total. The van der Waals surface area contributed by atoms with Crippen LogP contribution in [0.15, 0.2) is 58.1 Å². The van der Waals surface area contributed by atoms with Gasteiger partial charge in [-0.1, -0.05) is 18.2 Å². The van der Waals surface area contributed by atoms with Crippen molar-refractivity contribution in [1.29, 1.82) is 0 Å². The van der Waals surface area contributed by atoms with Crippen LogP contribution in [0.3, 0.4) is 0 Å². The van der Waals surface area contributed by atoms with Crippen molar-refractivity contribution in [3.63, 3.8) is 0 Å². The van der Waals surface area contributed by atoms with Crippen molar-refractivity contribution in [1.82, 2.24) is 5.43 Å². The predicted octanol–water partition coefficient (Wildman–Crippen LogP) is 2.08. The molecule has 0 atom stereocenters. The molecule has 118 valence electrons. The smallest absolute Gasteiger partial charge is 0.271 e. The Morgan fingerprint density at radius 3 is 2.61 bits per heavy atom. The largest absolute Gasteiger partial charge is 0.483 e. The zero-order valence-electron chi connectivity index (χ0n) is 12.0. The van der Waals surface area contributed by atoms with E-state index in [-0.39, 0.29) is 12.5 Å². The molecule has 23 heavy (non-hydrogen) atoms. The second kappa shape index (κ2) is 8.09. The van der Waals surface area contributed by atoms with Gasteiger partial charge in [-0.2, -0.15) is 5.10 Å². The van der Waals surface area contributed by atoms with Crippen LogP contribution < -0.4 is 15.9 Å². The molecule has 0 aliphatic carbocycles. The Morgan fingerprint density at radius 1 is 1.22 bits per heavy atom. The molecule has 0 saturated carbocycles. The van der Waals surface area contributed by atoms with Crippen LogP contribution in [-0.2, 0) is 4.79 Å². The van der Waals surface area contributed by atoms with Gasteiger partial charge in [-0.25, -0.2) is 5.43 Å². The fourth-order valence-electron chi connectivity index (χ4n) is 1.68. The van der Waals surface area contributed by atoms with Gasteiger partial charge in [0.15, 0.2) is 6.61 Å². The second-order valence-electron chi connectivity index (χ2n) is 4.51. The molecule has 2 rings (SSSR count). The van der Waals surface area contributed by atoms with Gasteiger partial charge in [-0.05, 0) is 51.8 Å². The van der Waals surface area contributed by atoms with Crippen LogP contribution >= 0.6 is 15.9 Å². The summed E-state index contributed by atoms with van der Waals surface area (Å²) in [5.74, 6) is -0.345. The van der Waals surface area contributed by atoms with Crippen LogP contribution in [0.1, 0.15) is 15.9 Å². The van der Waals surface area contributed by atoms with E-state index in [1.54, 1.807) is 42.5 Å². The van der Waals surface area contributed by atoms with E-state index in [0.717, 1.165) is 5.56 Å². The van der Waals surface area contributed by atoms with E-state index < -0.39 is 5.91 Å². The molecule has 3 N–H and O–H groups in total. The van der Waals surface area contributed by atoms with E-state index in [0.29, 0.717) is 15.8 Å². The van der Waals surface area contributed by atoms with Crippen molar-refractivity contribution in [2.75, 3.05) is 6.61 Å². The molecule has 0 aliphatic rings. The van der Waals surface area contributed by atoms with Crippen molar-refractivity contribution in [2.24, 2.45) is 10.8 Å². The minimum Gasteiger partial charge on any atom is -0.483 e. The molecule has 0 spiro atoms. The summed E-state index contributed by atoms with van der Waals surface area (Å²) in [6.07, 6.45) is 1.50. The quantitative estimate of drug-likeness (QED) is 0.597. The first-order chi connectivity index (χ1) is 11.1. The maximum atomic E-state index is 11.8. The minimum atomic E-state index is -0.550. The molecule has 2 aromatic rings. The first-order valence-corrected chi connectivity index (χ1v) is 7.44. The highest BCUT2D eigenvalue weighted by Gasteiger charge is 2.04. The molecule has 0 bridgehead atoms. The highest BCUT2D eigenvalue weighted by atomic mass is 79.9. The number of hydrogen-bond acceptors (Lipinski definition) is 4. The summed E-state index contributed by atoms with van der Waals surface area (Å²) >= 11 is 3.33. The number of halogens is 1. The lowest BCUT2D eigenvalue weighted by Crippen LogP contribution is -2.20. The number of carbonyl (C=O) groups is 2. The van der Waals surface area contributed by atoms with Gasteiger partial charge in [0.1, 0.15) is 5.75 Å². The van der Waals surface area contributed by atoms with E-state index in [9.17, 15) is 9.59 Å². The van der Waals surface area contributed by atoms with Crippen molar-refractivity contribution < 1.29 is 14.3 Å². The van der Waals surface area contributed by atoms with Crippen LogP contribution in [0, 0.1) is 0 Å². The van der Waals surface area contributed by atoms with E-state index in [4.69, 9.17) is 10.5 Å². The number of nitrogens with zero attached hydrogens (tertiary/aromatic N) is 1. The number of amides is 2. The zero-order valence-corrected chi connectivity index (χ0v) is 13.6. The average Bonchev–Trinajstić information content (AvgIpc) is 2.54. The van der Waals surface area contributed by atoms with Gasteiger partial charge in [-0.3, -0.25) is 9.59 Å². The number of primary amides is 1. The number of carbonyl (C=O) groups excluding carboxylic acids is 2. The normalized spacial score (nSPS) is 10.5. The summed E-state index contributed by atoms with van der Waals surface area (Å²) in [5.41, 5.74) is 8.74. The molecule has 0 fully saturated rings. The SMILES string of the molecule is NC(=O)COc1ccc(C=NNC(=O)c2ccccc2)cc1Br. The Bertz CT molecular complexity index is 733. The number of nitrogens with one attached hydrogen (secondary N) is 1. The highest BCUT2D eigenvalue weighted by molar-refractivity contribution is 9.10. The standard InChI is InChI=1S/C16H14BrN3O3/c17-13-8-11(6-7-14(13)23-10-15(18)21)9-19-20-16(22)12-4-2-1-3-5-12/h1-9H,10H2,(H2,18,21)(H,20,22). The zero-order chi connectivity index (χ0) is 16.7. The van der Waals surface area contributed by atoms with Crippen LogP contribution in [0.5, 0.6) is 5.75 Å². The Kier molecular flexibility index (Phi) is 5.87. The molecule has 0 aliphatic heterocycles. The monoisotopic (exact) mass is 375 g/mol. The topological polar surface area (TPSA) is 93.8 Å². The Hall–Kier alpha value is -2.67. The minimum absolute atomic E-state index is 0.195. The summed E-state index contributed by atoms with van der Waals surface area (Å²) in [5, 5.41) is 3.90. The maximum absolute atomic E-state index is 11.8. The number of hydrazone groups is 1. The summed E-state index contributed by atoms with van der Waals surface area (Å²) in [6.45, 7) is -0.195. The van der Waals surface area contributed by atoms with Crippen molar-refractivity contribution >= 4 is 34.0 Å². The third kappa shape index (κ3) is 5.23. The molecule has 0 saturated heterocycles. The number of rotatable bonds is 6. The number of benzene rings is 2. The molecule has 0 aromatic heterocycles. The summed E-state index contributed by atoms with van der Waals surface area (Å²) < 4.78 is 5.87. The third-order valence-corrected chi connectivity index (χ3v) is 3.36. The number of nitrogens with two attached hydrogens (primary N) is 1. The lowest BCUT2D eigenvalue weighted by molar-refractivity contribution is -0.119. The molecule has 7 heteroatoms. The van der Waals surface area contributed by atoms with Gasteiger partial charge in [0.25, 0.3) is 11.8 Å². The first kappa shape index (κ1) is 16.7. The third-order valence-electron chi connectivity index (χ3n) is 2.74. The second-order valence-corrected chi connectivity index (χ2v) is 5.36. The molecule has 0 heterocycles. The molecule has 0 unspecified atom stereocenters. The average molecular weight is 376 g/mol. The number of ether oxygens (including phenoxy) is 1. The van der Waals surface area contributed by atoms with Gasteiger partial charge in [-0.15, -0.1) is 0 Å². The van der Waals surface area contributed by atoms with Crippen LogP contribution in [-0.4, -0.2) is 24.6 Å². The lowest BCUT2D eigenvalue weighted by Gasteiger charge is -2.06. The van der Waals surface area contributed by atoms with Crippen molar-refractivity contribution in [2.45, 2.75) is 0 Å². The van der Waals surface area contributed by atoms with E-state index in [1.807, 2.05) is 6.07 Å². The van der Waals surface area contributed by atoms with Crippen LogP contribution in [0.4, 0.5) is 0 Å². The van der Waals surface area contributed by atoms with E-state index in [2.05, 4.69) is 26.5 Å². The van der Waals surface area contributed by atoms with Gasteiger partial charge in [0.05, 0.1) is 10.7 Å². The Labute approximate surface area is 141 Å². The Balaban J connectivity index is 1.96. The molecule has 0 radical (unpaired) electrons. The molecular formula is C16H14BrN3O3. The number of hydrogen-bond donors (Lipinski definition) is 2. The maximum Gasteiger partial charge on any atom is 0.271 e. The predicted molar refractivity (Wildman–Crippen MR) is 90.3 cm³/mol. The summed E-state index contributed by atoms with van der Waals surface area (Å²) in [7, 11) is 0. The van der Waals surface area contributed by atoms with Crippen molar-refractivity contribution in [3.8, 4) is 5.75 Å². The van der Waals surface area contributed by atoms with E-state index in [1.165, 1.54) is 6.21 Å². The molecule has 2 aromatic carbocycles. The fraction of sp³-hybridized carbons (Fsp3) is 0.0625. The lowest BCUT2D eigenvalue weighted by atomic mass is 10.2. The van der Waals surface area contributed by atoms with Gasteiger partial charge in [0, 0.05) is 5.56 Å².